The number of para-hydroxylation sites is 2. The highest BCUT2D eigenvalue weighted by molar-refractivity contribution is 7.25. The van der Waals surface area contributed by atoms with Gasteiger partial charge in [0.2, 0.25) is 0 Å². The maximum Gasteiger partial charge on any atom is 0.0536 e. The van der Waals surface area contributed by atoms with Gasteiger partial charge in [0.15, 0.2) is 0 Å². The molecule has 0 spiro atoms. The lowest BCUT2D eigenvalue weighted by molar-refractivity contribution is 1.13. The third-order valence-corrected chi connectivity index (χ3v) is 9.49. The van der Waals surface area contributed by atoms with E-state index in [0.29, 0.717) is 0 Å². The maximum absolute atomic E-state index is 3.58. The molecule has 0 radical (unpaired) electrons. The van der Waals surface area contributed by atoms with Crippen molar-refractivity contribution in [2.24, 2.45) is 0 Å². The molecule has 9 aromatic rings. The SMILES string of the molecule is c1ccc(N(c2ccc(-n3ccc4cc5[nH]c6ccccc6c5cc43)cc2)c2ccc3sc4ccccc4c3c2)cc1. The van der Waals surface area contributed by atoms with E-state index in [9.17, 15) is 0 Å². The zero-order valence-electron chi connectivity index (χ0n) is 22.7. The fourth-order valence-electron chi connectivity index (χ4n) is 6.35. The predicted octanol–water partition coefficient (Wildman–Crippen LogP) is 11.1. The van der Waals surface area contributed by atoms with E-state index in [1.165, 1.54) is 52.9 Å². The molecule has 0 saturated heterocycles. The Morgan fingerprint density at radius 3 is 2.10 bits per heavy atom. The number of aromatic amines is 1. The smallest absolute Gasteiger partial charge is 0.0536 e. The van der Waals surface area contributed by atoms with Gasteiger partial charge in [0.05, 0.1) is 5.52 Å². The van der Waals surface area contributed by atoms with Crippen LogP contribution in [0.3, 0.4) is 0 Å². The molecule has 0 saturated carbocycles. The second-order valence-electron chi connectivity index (χ2n) is 10.8. The first kappa shape index (κ1) is 23.4. The molecule has 42 heavy (non-hydrogen) atoms. The van der Waals surface area contributed by atoms with E-state index in [1.54, 1.807) is 0 Å². The fraction of sp³-hybridized carbons (Fsp3) is 0. The molecule has 0 aliphatic heterocycles. The fourth-order valence-corrected chi connectivity index (χ4v) is 7.43. The van der Waals surface area contributed by atoms with Gasteiger partial charge in [-0.25, -0.2) is 0 Å². The summed E-state index contributed by atoms with van der Waals surface area (Å²) in [6.07, 6.45) is 2.17. The molecule has 0 atom stereocenters. The maximum atomic E-state index is 3.58. The topological polar surface area (TPSA) is 24.0 Å². The molecule has 4 heteroatoms. The van der Waals surface area contributed by atoms with E-state index >= 15 is 0 Å². The molecular formula is C38H25N3S. The van der Waals surface area contributed by atoms with Crippen molar-refractivity contribution in [1.82, 2.24) is 9.55 Å². The molecule has 0 bridgehead atoms. The molecule has 6 aromatic carbocycles. The normalized spacial score (nSPS) is 11.8. The molecule has 198 valence electrons. The van der Waals surface area contributed by atoms with Crippen LogP contribution in [0.2, 0.25) is 0 Å². The Morgan fingerprint density at radius 1 is 0.500 bits per heavy atom. The number of hydrogen-bond acceptors (Lipinski definition) is 2. The molecule has 0 aliphatic carbocycles. The standard InChI is InChI=1S/C38H25N3S/c1-2-8-27(9-3-1)41(29-18-19-38-33(23-29)31-11-5-7-13-37(31)42-38)28-16-14-26(15-17-28)40-21-20-25-22-35-32(24-36(25)40)30-10-4-6-12-34(30)39-35/h1-24,39H. The number of H-pyrrole nitrogens is 1. The molecule has 9 rings (SSSR count). The number of thiophene rings is 1. The van der Waals surface area contributed by atoms with E-state index in [1.807, 2.05) is 11.3 Å². The van der Waals surface area contributed by atoms with E-state index in [4.69, 9.17) is 0 Å². The van der Waals surface area contributed by atoms with Crippen LogP contribution in [-0.4, -0.2) is 9.55 Å². The molecule has 0 amide bonds. The zero-order chi connectivity index (χ0) is 27.6. The van der Waals surface area contributed by atoms with Crippen molar-refractivity contribution >= 4 is 81.3 Å². The zero-order valence-corrected chi connectivity index (χ0v) is 23.5. The summed E-state index contributed by atoms with van der Waals surface area (Å²) in [5.74, 6) is 0. The lowest BCUT2D eigenvalue weighted by Crippen LogP contribution is -2.09. The van der Waals surface area contributed by atoms with Crippen LogP contribution in [0.1, 0.15) is 0 Å². The number of anilines is 3. The van der Waals surface area contributed by atoms with E-state index in [0.717, 1.165) is 22.7 Å². The number of hydrogen-bond donors (Lipinski definition) is 1. The van der Waals surface area contributed by atoms with Gasteiger partial charge in [-0.05, 0) is 84.9 Å². The van der Waals surface area contributed by atoms with Crippen LogP contribution in [0.5, 0.6) is 0 Å². The third kappa shape index (κ3) is 3.59. The Bertz CT molecular complexity index is 2410. The molecule has 0 aliphatic rings. The Morgan fingerprint density at radius 2 is 1.21 bits per heavy atom. The summed E-state index contributed by atoms with van der Waals surface area (Å²) < 4.78 is 4.92. The summed E-state index contributed by atoms with van der Waals surface area (Å²) in [6.45, 7) is 0. The number of rotatable bonds is 4. The van der Waals surface area contributed by atoms with Crippen molar-refractivity contribution < 1.29 is 0 Å². The van der Waals surface area contributed by atoms with Crippen molar-refractivity contribution in [1.29, 1.82) is 0 Å². The van der Waals surface area contributed by atoms with Crippen LogP contribution in [0.4, 0.5) is 17.1 Å². The van der Waals surface area contributed by atoms with Crippen LogP contribution in [0.25, 0.3) is 58.6 Å². The Balaban J connectivity index is 1.16. The van der Waals surface area contributed by atoms with Crippen LogP contribution in [-0.2, 0) is 0 Å². The van der Waals surface area contributed by atoms with E-state index in [-0.39, 0.29) is 0 Å². The van der Waals surface area contributed by atoms with Crippen molar-refractivity contribution in [3.8, 4) is 5.69 Å². The van der Waals surface area contributed by atoms with Crippen molar-refractivity contribution in [3.63, 3.8) is 0 Å². The first-order valence-corrected chi connectivity index (χ1v) is 15.0. The minimum atomic E-state index is 1.12. The molecule has 3 nitrogen and oxygen atoms in total. The van der Waals surface area contributed by atoms with Gasteiger partial charge in [0, 0.05) is 76.3 Å². The van der Waals surface area contributed by atoms with Crippen LogP contribution in [0.15, 0.2) is 146 Å². The lowest BCUT2D eigenvalue weighted by Gasteiger charge is -2.26. The molecule has 1 N–H and O–H groups in total. The van der Waals surface area contributed by atoms with Crippen LogP contribution >= 0.6 is 11.3 Å². The predicted molar refractivity (Wildman–Crippen MR) is 180 cm³/mol. The van der Waals surface area contributed by atoms with Crippen LogP contribution in [0, 0.1) is 0 Å². The monoisotopic (exact) mass is 555 g/mol. The van der Waals surface area contributed by atoms with E-state index < -0.39 is 0 Å². The van der Waals surface area contributed by atoms with Crippen molar-refractivity contribution in [3.05, 3.63) is 146 Å². The minimum Gasteiger partial charge on any atom is -0.354 e. The Kier molecular flexibility index (Phi) is 5.07. The molecular weight excluding hydrogens is 531 g/mol. The number of nitrogens with zero attached hydrogens (tertiary/aromatic N) is 2. The van der Waals surface area contributed by atoms with Gasteiger partial charge in [0.25, 0.3) is 0 Å². The van der Waals surface area contributed by atoms with Gasteiger partial charge in [-0.2, -0.15) is 0 Å². The average Bonchev–Trinajstić information content (AvgIpc) is 3.74. The summed E-state index contributed by atoms with van der Waals surface area (Å²) in [4.78, 5) is 5.92. The van der Waals surface area contributed by atoms with Crippen LogP contribution < -0.4 is 4.90 Å². The van der Waals surface area contributed by atoms with Gasteiger partial charge in [0.1, 0.15) is 0 Å². The first-order valence-electron chi connectivity index (χ1n) is 14.2. The van der Waals surface area contributed by atoms with Crippen molar-refractivity contribution in [2.45, 2.75) is 0 Å². The Hall–Kier alpha value is -5.32. The second kappa shape index (κ2) is 9.10. The summed E-state index contributed by atoms with van der Waals surface area (Å²) in [5, 5.41) is 6.34. The number of nitrogens with one attached hydrogen (secondary N) is 1. The minimum absolute atomic E-state index is 1.12. The summed E-state index contributed by atoms with van der Waals surface area (Å²) in [6, 6.07) is 50.4. The average molecular weight is 556 g/mol. The highest BCUT2D eigenvalue weighted by atomic mass is 32.1. The number of fused-ring (bicyclic) bond motifs is 7. The molecule has 3 heterocycles. The van der Waals surface area contributed by atoms with Gasteiger partial charge < -0.3 is 14.5 Å². The number of aromatic nitrogens is 2. The Labute approximate surface area is 246 Å². The molecule has 3 aromatic heterocycles. The molecule has 0 unspecified atom stereocenters. The van der Waals surface area contributed by atoms with Gasteiger partial charge in [-0.3, -0.25) is 0 Å². The highest BCUT2D eigenvalue weighted by Gasteiger charge is 2.15. The quantitative estimate of drug-likeness (QED) is 0.229. The highest BCUT2D eigenvalue weighted by Crippen LogP contribution is 2.41. The molecule has 0 fully saturated rings. The van der Waals surface area contributed by atoms with Gasteiger partial charge in [-0.1, -0.05) is 54.6 Å². The van der Waals surface area contributed by atoms with E-state index in [2.05, 4.69) is 160 Å². The summed E-state index contributed by atoms with van der Waals surface area (Å²) >= 11 is 1.85. The first-order chi connectivity index (χ1) is 20.8. The van der Waals surface area contributed by atoms with Gasteiger partial charge in [-0.15, -0.1) is 11.3 Å². The second-order valence-corrected chi connectivity index (χ2v) is 11.9. The van der Waals surface area contributed by atoms with Crippen molar-refractivity contribution in [2.75, 3.05) is 4.90 Å². The lowest BCUT2D eigenvalue weighted by atomic mass is 10.1. The summed E-state index contributed by atoms with van der Waals surface area (Å²) in [7, 11) is 0. The third-order valence-electron chi connectivity index (χ3n) is 8.34. The van der Waals surface area contributed by atoms with Gasteiger partial charge >= 0.3 is 0 Å². The number of benzene rings is 6. The summed E-state index contributed by atoms with van der Waals surface area (Å²) in [5.41, 5.74) is 8.10. The largest absolute Gasteiger partial charge is 0.354 e.